The van der Waals surface area contributed by atoms with Crippen LogP contribution in [0.3, 0.4) is 0 Å². The lowest BCUT2D eigenvalue weighted by Crippen LogP contribution is -2.51. The van der Waals surface area contributed by atoms with Gasteiger partial charge in [0.25, 0.3) is 11.8 Å². The van der Waals surface area contributed by atoms with E-state index in [1.165, 1.54) is 11.3 Å². The average Bonchev–Trinajstić information content (AvgIpc) is 3.23. The number of aryl methyl sites for hydroxylation is 1. The van der Waals surface area contributed by atoms with Crippen molar-refractivity contribution in [2.75, 3.05) is 32.7 Å². The van der Waals surface area contributed by atoms with Crippen molar-refractivity contribution in [2.24, 2.45) is 0 Å². The summed E-state index contributed by atoms with van der Waals surface area (Å²) in [6.07, 6.45) is 0.266. The Morgan fingerprint density at radius 3 is 2.26 bits per heavy atom. The monoisotopic (exact) mass is 385 g/mol. The first-order chi connectivity index (χ1) is 13.0. The van der Waals surface area contributed by atoms with E-state index in [1.807, 2.05) is 36.6 Å². The third-order valence-electron chi connectivity index (χ3n) is 4.63. The van der Waals surface area contributed by atoms with Gasteiger partial charge in [-0.05, 0) is 30.5 Å². The van der Waals surface area contributed by atoms with Crippen LogP contribution in [0, 0.1) is 6.92 Å². The summed E-state index contributed by atoms with van der Waals surface area (Å²) in [6, 6.07) is 9.29. The fourth-order valence-corrected chi connectivity index (χ4v) is 3.61. The molecule has 0 aliphatic carbocycles. The second kappa shape index (κ2) is 8.81. The van der Waals surface area contributed by atoms with Gasteiger partial charge in [-0.2, -0.15) is 11.3 Å². The fourth-order valence-electron chi connectivity index (χ4n) is 2.97. The molecule has 0 radical (unpaired) electrons. The molecule has 6 nitrogen and oxygen atoms in total. The Labute approximate surface area is 162 Å². The second-order valence-corrected chi connectivity index (χ2v) is 7.34. The van der Waals surface area contributed by atoms with E-state index >= 15 is 0 Å². The Hall–Kier alpha value is -2.67. The first-order valence-corrected chi connectivity index (χ1v) is 9.93. The van der Waals surface area contributed by atoms with Gasteiger partial charge in [-0.15, -0.1) is 0 Å². The maximum Gasteiger partial charge on any atom is 0.253 e. The minimum absolute atomic E-state index is 0.00283. The fraction of sp³-hybridized carbons (Fsp3) is 0.350. The summed E-state index contributed by atoms with van der Waals surface area (Å²) in [7, 11) is 0. The summed E-state index contributed by atoms with van der Waals surface area (Å²) >= 11 is 1.46. The zero-order valence-electron chi connectivity index (χ0n) is 15.3. The highest BCUT2D eigenvalue weighted by atomic mass is 32.1. The molecule has 142 valence electrons. The molecule has 2 heterocycles. The number of hydrogen-bond donors (Lipinski definition) is 1. The van der Waals surface area contributed by atoms with E-state index in [0.29, 0.717) is 43.9 Å². The van der Waals surface area contributed by atoms with Crippen LogP contribution < -0.4 is 5.32 Å². The van der Waals surface area contributed by atoms with E-state index in [1.54, 1.807) is 21.2 Å². The number of benzene rings is 1. The maximum absolute atomic E-state index is 12.5. The minimum Gasteiger partial charge on any atom is -0.351 e. The summed E-state index contributed by atoms with van der Waals surface area (Å²) in [6.45, 7) is 4.40. The molecule has 27 heavy (non-hydrogen) atoms. The highest BCUT2D eigenvalue weighted by Gasteiger charge is 2.24. The molecule has 7 heteroatoms. The van der Waals surface area contributed by atoms with E-state index in [4.69, 9.17) is 0 Å². The molecule has 1 aromatic carbocycles. The van der Waals surface area contributed by atoms with Crippen molar-refractivity contribution in [1.29, 1.82) is 0 Å². The Balaban J connectivity index is 1.41. The van der Waals surface area contributed by atoms with Crippen LogP contribution in [0.4, 0.5) is 0 Å². The Kier molecular flexibility index (Phi) is 6.24. The number of nitrogens with zero attached hydrogens (tertiary/aromatic N) is 2. The van der Waals surface area contributed by atoms with Gasteiger partial charge in [0, 0.05) is 55.7 Å². The van der Waals surface area contributed by atoms with Crippen molar-refractivity contribution in [3.8, 4) is 0 Å². The molecule has 0 saturated carbocycles. The van der Waals surface area contributed by atoms with Crippen LogP contribution in [0.25, 0.3) is 0 Å². The first-order valence-electron chi connectivity index (χ1n) is 8.99. The smallest absolute Gasteiger partial charge is 0.253 e. The molecule has 2 aromatic rings. The van der Waals surface area contributed by atoms with Crippen molar-refractivity contribution >= 4 is 29.1 Å². The van der Waals surface area contributed by atoms with Crippen LogP contribution in [-0.4, -0.2) is 60.2 Å². The average molecular weight is 385 g/mol. The van der Waals surface area contributed by atoms with Gasteiger partial charge in [-0.25, -0.2) is 0 Å². The molecule has 0 spiro atoms. The van der Waals surface area contributed by atoms with Crippen LogP contribution in [-0.2, 0) is 4.79 Å². The molecule has 0 atom stereocenters. The van der Waals surface area contributed by atoms with E-state index in [2.05, 4.69) is 5.32 Å². The third-order valence-corrected chi connectivity index (χ3v) is 5.31. The van der Waals surface area contributed by atoms with Crippen molar-refractivity contribution < 1.29 is 14.4 Å². The summed E-state index contributed by atoms with van der Waals surface area (Å²) < 4.78 is 0. The standard InChI is InChI=1S/C20H23N3O3S/c1-15-2-4-16(5-3-15)20(26)23-11-9-22(10-12-23)18(24)6-8-21-19(25)17-7-13-27-14-17/h2-5,7,13-14H,6,8-12H2,1H3,(H,21,25). The number of carbonyl (C=O) groups is 3. The zero-order valence-corrected chi connectivity index (χ0v) is 16.1. The quantitative estimate of drug-likeness (QED) is 0.858. The lowest BCUT2D eigenvalue weighted by atomic mass is 10.1. The van der Waals surface area contributed by atoms with Crippen LogP contribution in [0.5, 0.6) is 0 Å². The van der Waals surface area contributed by atoms with Gasteiger partial charge in [0.2, 0.25) is 5.91 Å². The topological polar surface area (TPSA) is 69.7 Å². The molecule has 1 N–H and O–H groups in total. The number of nitrogens with one attached hydrogen (secondary N) is 1. The Morgan fingerprint density at radius 2 is 1.63 bits per heavy atom. The summed E-state index contributed by atoms with van der Waals surface area (Å²) in [4.78, 5) is 40.3. The van der Waals surface area contributed by atoms with Gasteiger partial charge < -0.3 is 15.1 Å². The number of carbonyl (C=O) groups excluding carboxylic acids is 3. The first kappa shape index (κ1) is 19.1. The number of thiophene rings is 1. The molecular formula is C20H23N3O3S. The predicted molar refractivity (Wildman–Crippen MR) is 105 cm³/mol. The van der Waals surface area contributed by atoms with Crippen LogP contribution in [0.1, 0.15) is 32.7 Å². The largest absolute Gasteiger partial charge is 0.351 e. The van der Waals surface area contributed by atoms with E-state index in [0.717, 1.165) is 5.56 Å². The summed E-state index contributed by atoms with van der Waals surface area (Å²) in [5, 5.41) is 6.39. The summed E-state index contributed by atoms with van der Waals surface area (Å²) in [5.74, 6) is -0.147. The number of amides is 3. The molecule has 1 aliphatic rings. The van der Waals surface area contributed by atoms with Gasteiger partial charge in [0.15, 0.2) is 0 Å². The molecule has 0 bridgehead atoms. The summed E-state index contributed by atoms with van der Waals surface area (Å²) in [5.41, 5.74) is 2.42. The number of rotatable bonds is 5. The molecule has 1 aliphatic heterocycles. The van der Waals surface area contributed by atoms with Crippen molar-refractivity contribution in [3.05, 3.63) is 57.8 Å². The van der Waals surface area contributed by atoms with Gasteiger partial charge in [-0.1, -0.05) is 17.7 Å². The Morgan fingerprint density at radius 1 is 0.963 bits per heavy atom. The molecule has 1 aromatic heterocycles. The van der Waals surface area contributed by atoms with Gasteiger partial charge >= 0.3 is 0 Å². The van der Waals surface area contributed by atoms with E-state index < -0.39 is 0 Å². The second-order valence-electron chi connectivity index (χ2n) is 6.56. The Bertz CT molecular complexity index is 794. The van der Waals surface area contributed by atoms with Gasteiger partial charge in [0.05, 0.1) is 0 Å². The molecule has 1 saturated heterocycles. The van der Waals surface area contributed by atoms with Crippen LogP contribution >= 0.6 is 11.3 Å². The van der Waals surface area contributed by atoms with Gasteiger partial charge in [0.1, 0.15) is 0 Å². The van der Waals surface area contributed by atoms with Gasteiger partial charge in [-0.3, -0.25) is 14.4 Å². The molecule has 3 rings (SSSR count). The molecule has 1 fully saturated rings. The normalized spacial score (nSPS) is 14.1. The SMILES string of the molecule is Cc1ccc(C(=O)N2CCN(C(=O)CCNC(=O)c3ccsc3)CC2)cc1. The molecule has 0 unspecified atom stereocenters. The van der Waals surface area contributed by atoms with Crippen molar-refractivity contribution in [1.82, 2.24) is 15.1 Å². The maximum atomic E-state index is 12.5. The molecule has 3 amide bonds. The number of hydrogen-bond acceptors (Lipinski definition) is 4. The van der Waals surface area contributed by atoms with Crippen molar-refractivity contribution in [2.45, 2.75) is 13.3 Å². The lowest BCUT2D eigenvalue weighted by Gasteiger charge is -2.35. The third kappa shape index (κ3) is 4.95. The van der Waals surface area contributed by atoms with E-state index in [9.17, 15) is 14.4 Å². The highest BCUT2D eigenvalue weighted by Crippen LogP contribution is 2.11. The minimum atomic E-state index is -0.155. The highest BCUT2D eigenvalue weighted by molar-refractivity contribution is 7.08. The van der Waals surface area contributed by atoms with Crippen molar-refractivity contribution in [3.63, 3.8) is 0 Å². The van der Waals surface area contributed by atoms with E-state index in [-0.39, 0.29) is 24.1 Å². The molecular weight excluding hydrogens is 362 g/mol. The lowest BCUT2D eigenvalue weighted by molar-refractivity contribution is -0.132. The number of piperazine rings is 1. The van der Waals surface area contributed by atoms with Crippen LogP contribution in [0.2, 0.25) is 0 Å². The zero-order chi connectivity index (χ0) is 19.2. The van der Waals surface area contributed by atoms with Crippen LogP contribution in [0.15, 0.2) is 41.1 Å². The predicted octanol–water partition coefficient (Wildman–Crippen LogP) is 2.16.